The normalized spacial score (nSPS) is 12.2. The number of rotatable bonds is 3. The number of hydrogen-bond acceptors (Lipinski definition) is 2. The van der Waals surface area contributed by atoms with Gasteiger partial charge in [-0.15, -0.1) is 0 Å². The Kier molecular flexibility index (Phi) is 3.77. The molecule has 0 saturated heterocycles. The van der Waals surface area contributed by atoms with Gasteiger partial charge in [0.15, 0.2) is 0 Å². The Balaban J connectivity index is 2.15. The van der Waals surface area contributed by atoms with E-state index in [9.17, 15) is 9.18 Å². The fraction of sp³-hybridized carbons (Fsp3) is 0.214. The van der Waals surface area contributed by atoms with Crippen LogP contribution in [0.4, 0.5) is 4.39 Å². The van der Waals surface area contributed by atoms with Crippen molar-refractivity contribution in [2.75, 3.05) is 0 Å². The Morgan fingerprint density at radius 2 is 2.17 bits per heavy atom. The van der Waals surface area contributed by atoms with Gasteiger partial charge in [0.25, 0.3) is 5.91 Å². The minimum absolute atomic E-state index is 0.0945. The summed E-state index contributed by atoms with van der Waals surface area (Å²) < 4.78 is 13.8. The number of thiophene rings is 1. The molecular formula is C14H14FNOS. The number of aryl methyl sites for hydroxylation is 1. The van der Waals surface area contributed by atoms with E-state index >= 15 is 0 Å². The molecule has 2 aromatic rings. The zero-order chi connectivity index (χ0) is 13.1. The molecule has 18 heavy (non-hydrogen) atoms. The average molecular weight is 263 g/mol. The SMILES string of the molecule is Cc1cccc(C(=O)NC(C)c2ccsc2)c1F. The smallest absolute Gasteiger partial charge is 0.254 e. The third-order valence-electron chi connectivity index (χ3n) is 2.83. The lowest BCUT2D eigenvalue weighted by Crippen LogP contribution is -2.27. The summed E-state index contributed by atoms with van der Waals surface area (Å²) >= 11 is 1.57. The first-order valence-corrected chi connectivity index (χ1v) is 6.62. The summed E-state index contributed by atoms with van der Waals surface area (Å²) in [5.74, 6) is -0.831. The summed E-state index contributed by atoms with van der Waals surface area (Å²) in [7, 11) is 0. The van der Waals surface area contributed by atoms with E-state index in [0.717, 1.165) is 5.56 Å². The third kappa shape index (κ3) is 2.59. The molecule has 0 spiro atoms. The number of carbonyl (C=O) groups is 1. The number of benzene rings is 1. The van der Waals surface area contributed by atoms with Crippen LogP contribution in [0.1, 0.15) is 34.5 Å². The number of carbonyl (C=O) groups excluding carboxylic acids is 1. The minimum atomic E-state index is -0.451. The molecule has 0 radical (unpaired) electrons. The van der Waals surface area contributed by atoms with Crippen LogP contribution in [0.15, 0.2) is 35.0 Å². The highest BCUT2D eigenvalue weighted by atomic mass is 32.1. The molecule has 0 aliphatic rings. The van der Waals surface area contributed by atoms with Crippen LogP contribution in [0.2, 0.25) is 0 Å². The second-order valence-corrected chi connectivity index (χ2v) is 4.97. The molecule has 4 heteroatoms. The highest BCUT2D eigenvalue weighted by molar-refractivity contribution is 7.07. The molecule has 1 aromatic heterocycles. The van der Waals surface area contributed by atoms with Gasteiger partial charge in [-0.05, 0) is 47.9 Å². The average Bonchev–Trinajstić information content (AvgIpc) is 2.86. The zero-order valence-corrected chi connectivity index (χ0v) is 11.1. The van der Waals surface area contributed by atoms with Gasteiger partial charge in [-0.25, -0.2) is 4.39 Å². The Morgan fingerprint density at radius 1 is 1.39 bits per heavy atom. The van der Waals surface area contributed by atoms with E-state index in [0.29, 0.717) is 5.56 Å². The summed E-state index contributed by atoms with van der Waals surface area (Å²) in [4.78, 5) is 12.0. The molecule has 1 atom stereocenters. The fourth-order valence-electron chi connectivity index (χ4n) is 1.70. The third-order valence-corrected chi connectivity index (χ3v) is 3.53. The standard InChI is InChI=1S/C14H14FNOS/c1-9-4-3-5-12(13(9)15)14(17)16-10(2)11-6-7-18-8-11/h3-8,10H,1-2H3,(H,16,17). The maximum atomic E-state index is 13.8. The number of nitrogens with one attached hydrogen (secondary N) is 1. The van der Waals surface area contributed by atoms with Gasteiger partial charge in [-0.3, -0.25) is 4.79 Å². The summed E-state index contributed by atoms with van der Waals surface area (Å²) in [5.41, 5.74) is 1.60. The van der Waals surface area contributed by atoms with Gasteiger partial charge in [0.05, 0.1) is 11.6 Å². The van der Waals surface area contributed by atoms with Crippen molar-refractivity contribution in [1.82, 2.24) is 5.32 Å². The van der Waals surface area contributed by atoms with E-state index in [1.54, 1.807) is 30.4 Å². The number of amides is 1. The molecule has 0 saturated carbocycles. The van der Waals surface area contributed by atoms with Crippen LogP contribution in [0.5, 0.6) is 0 Å². The van der Waals surface area contributed by atoms with E-state index < -0.39 is 5.82 Å². The van der Waals surface area contributed by atoms with Crippen LogP contribution in [0, 0.1) is 12.7 Å². The molecule has 0 bridgehead atoms. The topological polar surface area (TPSA) is 29.1 Å². The van der Waals surface area contributed by atoms with E-state index in [2.05, 4.69) is 5.32 Å². The predicted molar refractivity (Wildman–Crippen MR) is 71.3 cm³/mol. The lowest BCUT2D eigenvalue weighted by Gasteiger charge is -2.13. The van der Waals surface area contributed by atoms with Crippen molar-refractivity contribution in [3.63, 3.8) is 0 Å². The van der Waals surface area contributed by atoms with Gasteiger partial charge in [0, 0.05) is 0 Å². The highest BCUT2D eigenvalue weighted by Gasteiger charge is 2.16. The molecule has 2 rings (SSSR count). The molecule has 1 heterocycles. The van der Waals surface area contributed by atoms with Gasteiger partial charge in [0.2, 0.25) is 0 Å². The Bertz CT molecular complexity index is 551. The van der Waals surface area contributed by atoms with Crippen LogP contribution >= 0.6 is 11.3 Å². The summed E-state index contributed by atoms with van der Waals surface area (Å²) in [5, 5.41) is 6.71. The van der Waals surface area contributed by atoms with Crippen molar-refractivity contribution >= 4 is 17.2 Å². The van der Waals surface area contributed by atoms with Crippen molar-refractivity contribution in [3.05, 3.63) is 57.5 Å². The first kappa shape index (κ1) is 12.8. The molecule has 2 nitrogen and oxygen atoms in total. The molecular weight excluding hydrogens is 249 g/mol. The molecule has 0 fully saturated rings. The van der Waals surface area contributed by atoms with Gasteiger partial charge in [-0.2, -0.15) is 11.3 Å². The van der Waals surface area contributed by atoms with Crippen LogP contribution in [0.3, 0.4) is 0 Å². The number of hydrogen-bond donors (Lipinski definition) is 1. The van der Waals surface area contributed by atoms with Crippen molar-refractivity contribution in [3.8, 4) is 0 Å². The zero-order valence-electron chi connectivity index (χ0n) is 10.2. The van der Waals surface area contributed by atoms with Crippen LogP contribution in [-0.2, 0) is 0 Å². The van der Waals surface area contributed by atoms with E-state index in [1.165, 1.54) is 6.07 Å². The van der Waals surface area contributed by atoms with E-state index in [1.807, 2.05) is 23.8 Å². The molecule has 1 unspecified atom stereocenters. The van der Waals surface area contributed by atoms with E-state index in [4.69, 9.17) is 0 Å². The Hall–Kier alpha value is -1.68. The minimum Gasteiger partial charge on any atom is -0.345 e. The first-order chi connectivity index (χ1) is 8.59. The van der Waals surface area contributed by atoms with Gasteiger partial charge in [0.1, 0.15) is 5.82 Å². The lowest BCUT2D eigenvalue weighted by atomic mass is 10.1. The summed E-state index contributed by atoms with van der Waals surface area (Å²) in [6.45, 7) is 3.53. The first-order valence-electron chi connectivity index (χ1n) is 5.67. The van der Waals surface area contributed by atoms with Gasteiger partial charge >= 0.3 is 0 Å². The summed E-state index contributed by atoms with van der Waals surface area (Å²) in [6.07, 6.45) is 0. The predicted octanol–water partition coefficient (Wildman–Crippen LogP) is 3.69. The van der Waals surface area contributed by atoms with Crippen molar-refractivity contribution in [2.45, 2.75) is 19.9 Å². The largest absolute Gasteiger partial charge is 0.345 e. The van der Waals surface area contributed by atoms with Crippen LogP contribution in [-0.4, -0.2) is 5.91 Å². The molecule has 1 N–H and O–H groups in total. The number of halogens is 1. The van der Waals surface area contributed by atoms with Crippen LogP contribution < -0.4 is 5.32 Å². The molecule has 1 amide bonds. The Morgan fingerprint density at radius 3 is 2.83 bits per heavy atom. The van der Waals surface area contributed by atoms with Gasteiger partial charge < -0.3 is 5.32 Å². The quantitative estimate of drug-likeness (QED) is 0.899. The van der Waals surface area contributed by atoms with Crippen molar-refractivity contribution in [2.24, 2.45) is 0 Å². The second-order valence-electron chi connectivity index (χ2n) is 4.19. The van der Waals surface area contributed by atoms with Gasteiger partial charge in [-0.1, -0.05) is 12.1 Å². The monoisotopic (exact) mass is 263 g/mol. The maximum Gasteiger partial charge on any atom is 0.254 e. The highest BCUT2D eigenvalue weighted by Crippen LogP contribution is 2.17. The molecule has 0 aliphatic heterocycles. The summed E-state index contributed by atoms with van der Waals surface area (Å²) in [6, 6.07) is 6.65. The van der Waals surface area contributed by atoms with Crippen molar-refractivity contribution in [1.29, 1.82) is 0 Å². The fourth-order valence-corrected chi connectivity index (χ4v) is 2.46. The molecule has 94 valence electrons. The second kappa shape index (κ2) is 5.31. The molecule has 0 aliphatic carbocycles. The lowest BCUT2D eigenvalue weighted by molar-refractivity contribution is 0.0935. The van der Waals surface area contributed by atoms with E-state index in [-0.39, 0.29) is 17.5 Å². The Labute approximate surface area is 109 Å². The molecule has 1 aromatic carbocycles. The van der Waals surface area contributed by atoms with Crippen molar-refractivity contribution < 1.29 is 9.18 Å². The maximum absolute atomic E-state index is 13.8. The van der Waals surface area contributed by atoms with Crippen LogP contribution in [0.25, 0.3) is 0 Å².